The van der Waals surface area contributed by atoms with Crippen molar-refractivity contribution in [2.45, 2.75) is 25.7 Å². The number of hydrogen-bond donors (Lipinski definition) is 1. The Labute approximate surface area is 153 Å². The number of ether oxygens (including phenoxy) is 1. The predicted molar refractivity (Wildman–Crippen MR) is 101 cm³/mol. The molecule has 1 N–H and O–H groups in total. The van der Waals surface area contributed by atoms with Gasteiger partial charge in [-0.3, -0.25) is 9.40 Å². The third-order valence-electron chi connectivity index (χ3n) is 4.09. The Morgan fingerprint density at radius 1 is 1.00 bits per heavy atom. The number of hydrogen-bond acceptors (Lipinski definition) is 4. The van der Waals surface area contributed by atoms with Gasteiger partial charge in [0.2, 0.25) is 0 Å². The van der Waals surface area contributed by atoms with Crippen molar-refractivity contribution in [2.24, 2.45) is 7.05 Å². The average molecular weight is 371 g/mol. The van der Waals surface area contributed by atoms with Crippen LogP contribution in [0, 0.1) is 20.8 Å². The molecule has 3 aromatic rings. The second kappa shape index (κ2) is 6.84. The number of rotatable bonds is 5. The molecule has 0 spiro atoms. The van der Waals surface area contributed by atoms with Crippen LogP contribution < -0.4 is 9.46 Å². The molecular formula is C19H21N3O3S. The summed E-state index contributed by atoms with van der Waals surface area (Å²) in [6.07, 6.45) is 0. The second-order valence-corrected chi connectivity index (χ2v) is 7.76. The van der Waals surface area contributed by atoms with Gasteiger partial charge in [-0.05, 0) is 45.0 Å². The molecule has 1 aromatic heterocycles. The lowest BCUT2D eigenvalue weighted by molar-refractivity contribution is 0.484. The molecular weight excluding hydrogens is 350 g/mol. The third-order valence-corrected chi connectivity index (χ3v) is 5.71. The van der Waals surface area contributed by atoms with Gasteiger partial charge in [-0.15, -0.1) is 0 Å². The Bertz CT molecular complexity index is 1040. The van der Waals surface area contributed by atoms with Gasteiger partial charge in [0.1, 0.15) is 10.6 Å². The van der Waals surface area contributed by atoms with E-state index in [0.717, 1.165) is 5.56 Å². The van der Waals surface area contributed by atoms with Crippen molar-refractivity contribution in [3.63, 3.8) is 0 Å². The first-order valence-electron chi connectivity index (χ1n) is 8.14. The normalized spacial score (nSPS) is 11.4. The van der Waals surface area contributed by atoms with Crippen molar-refractivity contribution in [3.05, 3.63) is 65.5 Å². The van der Waals surface area contributed by atoms with Crippen LogP contribution in [0.2, 0.25) is 0 Å². The molecule has 26 heavy (non-hydrogen) atoms. The highest BCUT2D eigenvalue weighted by molar-refractivity contribution is 7.92. The van der Waals surface area contributed by atoms with Crippen molar-refractivity contribution in [2.75, 3.05) is 4.72 Å². The van der Waals surface area contributed by atoms with E-state index in [1.807, 2.05) is 31.2 Å². The van der Waals surface area contributed by atoms with Gasteiger partial charge < -0.3 is 4.74 Å². The molecule has 2 aromatic carbocycles. The number of anilines is 1. The van der Waals surface area contributed by atoms with Crippen LogP contribution in [0.4, 0.5) is 5.69 Å². The van der Waals surface area contributed by atoms with E-state index in [2.05, 4.69) is 9.82 Å². The Hall–Kier alpha value is -2.80. The summed E-state index contributed by atoms with van der Waals surface area (Å²) in [5.74, 6) is 1.06. The Balaban J connectivity index is 1.94. The van der Waals surface area contributed by atoms with Crippen molar-refractivity contribution in [1.29, 1.82) is 0 Å². The van der Waals surface area contributed by atoms with Gasteiger partial charge in [0.05, 0.1) is 17.1 Å². The number of sulfonamides is 1. The number of nitrogens with one attached hydrogen (secondary N) is 1. The molecule has 6 nitrogen and oxygen atoms in total. The highest BCUT2D eigenvalue weighted by atomic mass is 32.2. The van der Waals surface area contributed by atoms with Gasteiger partial charge in [-0.1, -0.05) is 29.8 Å². The van der Waals surface area contributed by atoms with E-state index >= 15 is 0 Å². The molecule has 0 radical (unpaired) electrons. The molecule has 0 aliphatic rings. The number of nitrogens with zero attached hydrogens (tertiary/aromatic N) is 2. The largest absolute Gasteiger partial charge is 0.455 e. The molecule has 0 saturated heterocycles. The maximum atomic E-state index is 12.9. The van der Waals surface area contributed by atoms with Crippen LogP contribution in [-0.4, -0.2) is 18.2 Å². The van der Waals surface area contributed by atoms with Crippen LogP contribution in [0.1, 0.15) is 17.0 Å². The van der Waals surface area contributed by atoms with E-state index in [4.69, 9.17) is 4.74 Å². The topological polar surface area (TPSA) is 73.2 Å². The lowest BCUT2D eigenvalue weighted by Crippen LogP contribution is -2.15. The van der Waals surface area contributed by atoms with Crippen molar-refractivity contribution >= 4 is 15.7 Å². The van der Waals surface area contributed by atoms with E-state index < -0.39 is 10.0 Å². The average Bonchev–Trinajstić information content (AvgIpc) is 2.84. The van der Waals surface area contributed by atoms with Gasteiger partial charge in [0.25, 0.3) is 10.0 Å². The fourth-order valence-corrected chi connectivity index (χ4v) is 4.22. The molecule has 3 rings (SSSR count). The van der Waals surface area contributed by atoms with E-state index in [1.165, 1.54) is 0 Å². The Morgan fingerprint density at radius 2 is 1.65 bits per heavy atom. The molecule has 0 atom stereocenters. The molecule has 0 unspecified atom stereocenters. The molecule has 0 saturated carbocycles. The van der Waals surface area contributed by atoms with Crippen LogP contribution in [0.25, 0.3) is 0 Å². The molecule has 0 bridgehead atoms. The van der Waals surface area contributed by atoms with Crippen molar-refractivity contribution < 1.29 is 13.2 Å². The van der Waals surface area contributed by atoms with Crippen LogP contribution >= 0.6 is 0 Å². The lowest BCUT2D eigenvalue weighted by atomic mass is 10.2. The summed E-state index contributed by atoms with van der Waals surface area (Å²) >= 11 is 0. The fourth-order valence-electron chi connectivity index (χ4n) is 2.71. The number of aryl methyl sites for hydroxylation is 3. The molecule has 0 aliphatic carbocycles. The summed E-state index contributed by atoms with van der Waals surface area (Å²) in [6.45, 7) is 5.39. The minimum atomic E-state index is -3.79. The number of aromatic nitrogens is 2. The van der Waals surface area contributed by atoms with E-state index in [-0.39, 0.29) is 4.90 Å². The first kappa shape index (κ1) is 18.0. The first-order valence-corrected chi connectivity index (χ1v) is 9.63. The molecule has 0 aliphatic heterocycles. The summed E-state index contributed by atoms with van der Waals surface area (Å²) in [5.41, 5.74) is 2.52. The predicted octanol–water partition coefficient (Wildman–Crippen LogP) is 3.94. The SMILES string of the molecule is Cc1ccc(Oc2ccccc2NS(=O)(=O)c2c(C)nn(C)c2C)cc1. The molecule has 7 heteroatoms. The summed E-state index contributed by atoms with van der Waals surface area (Å²) in [7, 11) is -2.07. The monoisotopic (exact) mass is 371 g/mol. The summed E-state index contributed by atoms with van der Waals surface area (Å²) in [4.78, 5) is 0.185. The summed E-state index contributed by atoms with van der Waals surface area (Å²) in [6, 6.07) is 14.5. The maximum absolute atomic E-state index is 12.9. The summed E-state index contributed by atoms with van der Waals surface area (Å²) < 4.78 is 35.8. The Morgan fingerprint density at radius 3 is 2.27 bits per heavy atom. The zero-order valence-electron chi connectivity index (χ0n) is 15.1. The minimum absolute atomic E-state index is 0.185. The standard InChI is InChI=1S/C19H21N3O3S/c1-13-9-11-16(12-10-13)25-18-8-6-5-7-17(18)21-26(23,24)19-14(2)20-22(4)15(19)3/h5-12,21H,1-4H3. The lowest BCUT2D eigenvalue weighted by Gasteiger charge is -2.14. The first-order chi connectivity index (χ1) is 12.3. The highest BCUT2D eigenvalue weighted by Crippen LogP contribution is 2.32. The van der Waals surface area contributed by atoms with E-state index in [1.54, 1.807) is 49.8 Å². The molecule has 136 valence electrons. The maximum Gasteiger partial charge on any atom is 0.265 e. The van der Waals surface area contributed by atoms with Crippen LogP contribution in [-0.2, 0) is 17.1 Å². The molecule has 1 heterocycles. The van der Waals surface area contributed by atoms with Gasteiger partial charge in [0.15, 0.2) is 5.75 Å². The van der Waals surface area contributed by atoms with Crippen molar-refractivity contribution in [1.82, 2.24) is 9.78 Å². The van der Waals surface area contributed by atoms with Gasteiger partial charge in [-0.2, -0.15) is 5.10 Å². The van der Waals surface area contributed by atoms with Crippen LogP contribution in [0.5, 0.6) is 11.5 Å². The molecule has 0 fully saturated rings. The van der Waals surface area contributed by atoms with Gasteiger partial charge in [0, 0.05) is 7.05 Å². The van der Waals surface area contributed by atoms with E-state index in [9.17, 15) is 8.42 Å². The van der Waals surface area contributed by atoms with Crippen LogP contribution in [0.15, 0.2) is 53.4 Å². The van der Waals surface area contributed by atoms with Crippen molar-refractivity contribution in [3.8, 4) is 11.5 Å². The summed E-state index contributed by atoms with van der Waals surface area (Å²) in [5, 5.41) is 4.18. The van der Waals surface area contributed by atoms with Gasteiger partial charge in [-0.25, -0.2) is 8.42 Å². The second-order valence-electron chi connectivity index (χ2n) is 6.14. The van der Waals surface area contributed by atoms with E-state index in [0.29, 0.717) is 28.6 Å². The Kier molecular flexibility index (Phi) is 4.73. The zero-order valence-corrected chi connectivity index (χ0v) is 16.0. The zero-order chi connectivity index (χ0) is 18.9. The van der Waals surface area contributed by atoms with Gasteiger partial charge >= 0.3 is 0 Å². The number of para-hydroxylation sites is 2. The van der Waals surface area contributed by atoms with Crippen LogP contribution in [0.3, 0.4) is 0 Å². The minimum Gasteiger partial charge on any atom is -0.455 e. The number of benzene rings is 2. The highest BCUT2D eigenvalue weighted by Gasteiger charge is 2.25. The smallest absolute Gasteiger partial charge is 0.265 e. The third kappa shape index (κ3) is 3.57. The fraction of sp³-hybridized carbons (Fsp3) is 0.211. The molecule has 0 amide bonds. The quantitative estimate of drug-likeness (QED) is 0.737.